The second kappa shape index (κ2) is 9.07. The Bertz CT molecular complexity index is 900. The Morgan fingerprint density at radius 2 is 2.00 bits per heavy atom. The fourth-order valence-electron chi connectivity index (χ4n) is 3.56. The van der Waals surface area contributed by atoms with Crippen LogP contribution in [0.3, 0.4) is 0 Å². The number of carbonyl (C=O) groups excluding carboxylic acids is 1. The molecule has 9 heteroatoms. The van der Waals surface area contributed by atoms with Gasteiger partial charge in [-0.05, 0) is 43.8 Å². The number of primary amides is 1. The lowest BCUT2D eigenvalue weighted by atomic mass is 10.1. The minimum atomic E-state index is -0.324. The fraction of sp³-hybridized carbons (Fsp3) is 0.526. The maximum atomic E-state index is 11.1. The van der Waals surface area contributed by atoms with Crippen LogP contribution in [0.1, 0.15) is 24.7 Å². The second-order valence-electron chi connectivity index (χ2n) is 7.09. The number of anilines is 1. The molecule has 2 N–H and O–H groups in total. The number of hydrogen-bond acceptors (Lipinski definition) is 5. The van der Waals surface area contributed by atoms with Gasteiger partial charge in [0.2, 0.25) is 5.91 Å². The number of piperazine rings is 1. The van der Waals surface area contributed by atoms with Crippen LogP contribution in [0.15, 0.2) is 18.2 Å². The van der Waals surface area contributed by atoms with Gasteiger partial charge in [-0.1, -0.05) is 17.7 Å². The second-order valence-corrected chi connectivity index (χ2v) is 7.89. The van der Waals surface area contributed by atoms with E-state index in [2.05, 4.69) is 27.9 Å². The topological polar surface area (TPSA) is 72.3 Å². The van der Waals surface area contributed by atoms with Crippen LogP contribution in [-0.2, 0) is 24.4 Å². The predicted molar refractivity (Wildman–Crippen MR) is 114 cm³/mol. The molecular formula is C19H27ClN6OS. The van der Waals surface area contributed by atoms with Crippen molar-refractivity contribution < 1.29 is 4.79 Å². The molecule has 0 radical (unpaired) electrons. The van der Waals surface area contributed by atoms with Crippen LogP contribution in [0.5, 0.6) is 0 Å². The van der Waals surface area contributed by atoms with Crippen molar-refractivity contribution in [1.82, 2.24) is 19.2 Å². The Labute approximate surface area is 175 Å². The van der Waals surface area contributed by atoms with Crippen LogP contribution in [0, 0.1) is 11.7 Å². The molecule has 0 saturated carbocycles. The summed E-state index contributed by atoms with van der Waals surface area (Å²) in [6, 6.07) is 6.03. The molecule has 152 valence electrons. The lowest BCUT2D eigenvalue weighted by Gasteiger charge is -2.36. The number of carbonyl (C=O) groups is 1. The number of aromatic nitrogens is 3. The van der Waals surface area contributed by atoms with E-state index in [1.165, 1.54) is 11.3 Å². The van der Waals surface area contributed by atoms with Crippen molar-refractivity contribution in [1.29, 1.82) is 0 Å². The first-order valence-electron chi connectivity index (χ1n) is 9.57. The number of halogens is 1. The number of hydrogen-bond donors (Lipinski definition) is 1. The van der Waals surface area contributed by atoms with E-state index in [0.29, 0.717) is 17.9 Å². The molecule has 7 nitrogen and oxygen atoms in total. The minimum absolute atomic E-state index is 0.281. The Balaban J connectivity index is 1.65. The van der Waals surface area contributed by atoms with Crippen molar-refractivity contribution in [2.45, 2.75) is 39.9 Å². The molecule has 1 fully saturated rings. The zero-order chi connectivity index (χ0) is 20.3. The number of benzene rings is 1. The fourth-order valence-corrected chi connectivity index (χ4v) is 4.06. The van der Waals surface area contributed by atoms with Gasteiger partial charge in [-0.2, -0.15) is 5.10 Å². The number of nitrogens with two attached hydrogens (primary N) is 1. The van der Waals surface area contributed by atoms with Crippen molar-refractivity contribution >= 4 is 35.4 Å². The van der Waals surface area contributed by atoms with Gasteiger partial charge in [0.25, 0.3) is 0 Å². The van der Waals surface area contributed by atoms with Gasteiger partial charge in [-0.3, -0.25) is 9.69 Å². The van der Waals surface area contributed by atoms with Crippen LogP contribution < -0.4 is 10.6 Å². The lowest BCUT2D eigenvalue weighted by molar-refractivity contribution is -0.118. The highest BCUT2D eigenvalue weighted by atomic mass is 35.5. The van der Waals surface area contributed by atoms with E-state index in [-0.39, 0.29) is 12.3 Å². The molecule has 28 heavy (non-hydrogen) atoms. The number of nitrogens with zero attached hydrogens (tertiary/aromatic N) is 5. The van der Waals surface area contributed by atoms with E-state index < -0.39 is 0 Å². The summed E-state index contributed by atoms with van der Waals surface area (Å²) in [5, 5.41) is 5.41. The Morgan fingerprint density at radius 3 is 2.64 bits per heavy atom. The third-order valence-electron chi connectivity index (χ3n) is 5.13. The van der Waals surface area contributed by atoms with Gasteiger partial charge in [-0.25, -0.2) is 4.68 Å². The molecule has 2 heterocycles. The quantitative estimate of drug-likeness (QED) is 0.694. The highest BCUT2D eigenvalue weighted by Gasteiger charge is 2.20. The van der Waals surface area contributed by atoms with Gasteiger partial charge in [0.05, 0.1) is 6.67 Å². The summed E-state index contributed by atoms with van der Waals surface area (Å²) in [5.41, 5.74) is 7.72. The van der Waals surface area contributed by atoms with Crippen LogP contribution in [0.25, 0.3) is 0 Å². The zero-order valence-electron chi connectivity index (χ0n) is 16.4. The Hall–Kier alpha value is -1.90. The zero-order valence-corrected chi connectivity index (χ0v) is 18.0. The van der Waals surface area contributed by atoms with E-state index in [9.17, 15) is 4.79 Å². The molecule has 0 aliphatic carbocycles. The molecule has 3 rings (SSSR count). The molecule has 0 atom stereocenters. The molecule has 2 aromatic rings. The van der Waals surface area contributed by atoms with Crippen LogP contribution >= 0.6 is 23.8 Å². The van der Waals surface area contributed by atoms with E-state index in [1.807, 2.05) is 28.3 Å². The van der Waals surface area contributed by atoms with Crippen LogP contribution in [0.4, 0.5) is 5.69 Å². The molecule has 0 bridgehead atoms. The van der Waals surface area contributed by atoms with Crippen molar-refractivity contribution in [3.05, 3.63) is 39.4 Å². The summed E-state index contributed by atoms with van der Waals surface area (Å²) in [7, 11) is 0. The lowest BCUT2D eigenvalue weighted by Crippen LogP contribution is -2.47. The molecule has 1 saturated heterocycles. The summed E-state index contributed by atoms with van der Waals surface area (Å²) in [5.74, 6) is 0.495. The average Bonchev–Trinajstić information content (AvgIpc) is 2.97. The standard InChI is InChI=1S/C19H27ClN6OS/c1-3-25-18(7-6-17(21)27)22-26(19(25)28)13-23-8-10-24(11-9-23)16-12-15(20)5-4-14(16)2/h4-5,12H,3,6-11,13H2,1-2H3,(H2,21,27). The van der Waals surface area contributed by atoms with Crippen molar-refractivity contribution in [3.63, 3.8) is 0 Å². The van der Waals surface area contributed by atoms with Gasteiger partial charge in [0.15, 0.2) is 4.77 Å². The summed E-state index contributed by atoms with van der Waals surface area (Å²) in [6.45, 7) is 9.22. The summed E-state index contributed by atoms with van der Waals surface area (Å²) < 4.78 is 4.52. The van der Waals surface area contributed by atoms with Crippen molar-refractivity contribution in [2.24, 2.45) is 5.73 Å². The third kappa shape index (κ3) is 4.74. The van der Waals surface area contributed by atoms with Gasteiger partial charge >= 0.3 is 0 Å². The van der Waals surface area contributed by atoms with E-state index in [1.54, 1.807) is 0 Å². The number of aryl methyl sites for hydroxylation is 2. The van der Waals surface area contributed by atoms with Crippen molar-refractivity contribution in [2.75, 3.05) is 31.1 Å². The molecule has 1 aromatic carbocycles. The van der Waals surface area contributed by atoms with E-state index >= 15 is 0 Å². The SMILES string of the molecule is CCn1c(CCC(N)=O)nn(CN2CCN(c3cc(Cl)ccc3C)CC2)c1=S. The molecular weight excluding hydrogens is 396 g/mol. The monoisotopic (exact) mass is 422 g/mol. The van der Waals surface area contributed by atoms with Gasteiger partial charge in [0.1, 0.15) is 5.82 Å². The minimum Gasteiger partial charge on any atom is -0.370 e. The molecule has 0 unspecified atom stereocenters. The molecule has 1 aliphatic heterocycles. The smallest absolute Gasteiger partial charge is 0.217 e. The van der Waals surface area contributed by atoms with E-state index in [0.717, 1.165) is 43.6 Å². The molecule has 1 amide bonds. The Kier molecular flexibility index (Phi) is 6.74. The number of amides is 1. The molecule has 1 aliphatic rings. The van der Waals surface area contributed by atoms with Gasteiger partial charge < -0.3 is 15.2 Å². The van der Waals surface area contributed by atoms with Crippen LogP contribution in [-0.4, -0.2) is 51.3 Å². The normalized spacial score (nSPS) is 15.2. The predicted octanol–water partition coefficient (Wildman–Crippen LogP) is 2.59. The van der Waals surface area contributed by atoms with E-state index in [4.69, 9.17) is 29.6 Å². The maximum absolute atomic E-state index is 11.1. The van der Waals surface area contributed by atoms with Gasteiger partial charge in [0, 0.05) is 56.3 Å². The van der Waals surface area contributed by atoms with Crippen LogP contribution in [0.2, 0.25) is 5.02 Å². The number of rotatable bonds is 7. The summed E-state index contributed by atoms with van der Waals surface area (Å²) in [4.78, 5) is 15.8. The first-order valence-corrected chi connectivity index (χ1v) is 10.4. The van der Waals surface area contributed by atoms with Crippen molar-refractivity contribution in [3.8, 4) is 0 Å². The summed E-state index contributed by atoms with van der Waals surface area (Å²) >= 11 is 11.8. The first-order chi connectivity index (χ1) is 13.4. The maximum Gasteiger partial charge on any atom is 0.217 e. The van der Waals surface area contributed by atoms with Gasteiger partial charge in [-0.15, -0.1) is 0 Å². The Morgan fingerprint density at radius 1 is 1.29 bits per heavy atom. The highest BCUT2D eigenvalue weighted by molar-refractivity contribution is 7.71. The molecule has 1 aromatic heterocycles. The first kappa shape index (κ1) is 20.8. The largest absolute Gasteiger partial charge is 0.370 e. The summed E-state index contributed by atoms with van der Waals surface area (Å²) in [6.07, 6.45) is 0.797. The molecule has 0 spiro atoms. The highest BCUT2D eigenvalue weighted by Crippen LogP contribution is 2.25. The third-order valence-corrected chi connectivity index (χ3v) is 5.80. The average molecular weight is 423 g/mol.